The molecule has 168 valence electrons. The van der Waals surface area contributed by atoms with Crippen molar-refractivity contribution in [3.05, 3.63) is 95.0 Å². The smallest absolute Gasteiger partial charge is 0.323 e. The van der Waals surface area contributed by atoms with Gasteiger partial charge in [-0.25, -0.2) is 4.79 Å². The molecule has 0 saturated carbocycles. The third kappa shape index (κ3) is 5.51. The van der Waals surface area contributed by atoms with Gasteiger partial charge in [-0.05, 0) is 29.3 Å². The Labute approximate surface area is 196 Å². The van der Waals surface area contributed by atoms with E-state index in [2.05, 4.69) is 16.0 Å². The van der Waals surface area contributed by atoms with Crippen molar-refractivity contribution < 1.29 is 14.4 Å². The number of carbonyl (C=O) groups excluding carboxylic acids is 3. The first-order valence-corrected chi connectivity index (χ1v) is 10.9. The Morgan fingerprint density at radius 1 is 0.970 bits per heavy atom. The van der Waals surface area contributed by atoms with E-state index in [0.717, 1.165) is 11.1 Å². The molecule has 0 unspecified atom stereocenters. The van der Waals surface area contributed by atoms with Gasteiger partial charge in [0.1, 0.15) is 12.6 Å². The number of carbonyl (C=O) groups is 3. The number of para-hydroxylation sites is 2. The monoisotopic (exact) mass is 462 g/mol. The largest absolute Gasteiger partial charge is 0.350 e. The van der Waals surface area contributed by atoms with Gasteiger partial charge in [-0.3, -0.25) is 14.5 Å². The average Bonchev–Trinajstić information content (AvgIpc) is 2.83. The molecule has 3 N–H and O–H groups in total. The van der Waals surface area contributed by atoms with Crippen LogP contribution in [0.1, 0.15) is 11.1 Å². The second kappa shape index (κ2) is 10.2. The number of benzene rings is 3. The van der Waals surface area contributed by atoms with Crippen LogP contribution in [0.3, 0.4) is 0 Å². The van der Waals surface area contributed by atoms with Crippen LogP contribution in [0.15, 0.2) is 78.9 Å². The van der Waals surface area contributed by atoms with E-state index in [9.17, 15) is 14.4 Å². The molecule has 1 heterocycles. The first kappa shape index (κ1) is 22.4. The lowest BCUT2D eigenvalue weighted by molar-refractivity contribution is -0.123. The van der Waals surface area contributed by atoms with Gasteiger partial charge in [-0.2, -0.15) is 0 Å². The second-order valence-corrected chi connectivity index (χ2v) is 8.06. The predicted molar refractivity (Wildman–Crippen MR) is 128 cm³/mol. The van der Waals surface area contributed by atoms with Gasteiger partial charge >= 0.3 is 6.03 Å². The van der Waals surface area contributed by atoms with Crippen molar-refractivity contribution in [2.24, 2.45) is 0 Å². The maximum absolute atomic E-state index is 13.2. The Balaban J connectivity index is 1.52. The molecule has 0 aliphatic carbocycles. The molecule has 0 spiro atoms. The molecule has 0 radical (unpaired) electrons. The fourth-order valence-corrected chi connectivity index (χ4v) is 3.85. The summed E-state index contributed by atoms with van der Waals surface area (Å²) < 4.78 is 0. The minimum Gasteiger partial charge on any atom is -0.350 e. The van der Waals surface area contributed by atoms with E-state index in [1.165, 1.54) is 4.90 Å². The highest BCUT2D eigenvalue weighted by molar-refractivity contribution is 6.31. The molecule has 0 fully saturated rings. The van der Waals surface area contributed by atoms with Crippen LogP contribution in [-0.4, -0.2) is 30.4 Å². The van der Waals surface area contributed by atoms with Gasteiger partial charge in [0.15, 0.2) is 0 Å². The van der Waals surface area contributed by atoms with Gasteiger partial charge in [0.25, 0.3) is 0 Å². The predicted octanol–water partition coefficient (Wildman–Crippen LogP) is 3.74. The molecule has 3 aromatic rings. The molecule has 4 amide bonds. The minimum atomic E-state index is -0.848. The lowest BCUT2D eigenvalue weighted by Crippen LogP contribution is -2.54. The summed E-state index contributed by atoms with van der Waals surface area (Å²) in [6.07, 6.45) is 0.294. The van der Waals surface area contributed by atoms with Crippen molar-refractivity contribution in [2.75, 3.05) is 16.8 Å². The molecule has 1 atom stereocenters. The number of halogens is 1. The third-order valence-corrected chi connectivity index (χ3v) is 5.69. The molecule has 1 aliphatic rings. The van der Waals surface area contributed by atoms with E-state index < -0.39 is 12.1 Å². The summed E-state index contributed by atoms with van der Waals surface area (Å²) >= 11 is 6.20. The molecule has 7 nitrogen and oxygen atoms in total. The topological polar surface area (TPSA) is 90.5 Å². The van der Waals surface area contributed by atoms with Crippen LogP contribution in [0.5, 0.6) is 0 Å². The first-order chi connectivity index (χ1) is 16.0. The molecule has 4 rings (SSSR count). The summed E-state index contributed by atoms with van der Waals surface area (Å²) in [5, 5.41) is 8.97. The maximum atomic E-state index is 13.2. The van der Waals surface area contributed by atoms with Crippen LogP contribution >= 0.6 is 11.6 Å². The number of urea groups is 1. The molecule has 1 aliphatic heterocycles. The molecular formula is C25H23ClN4O3. The maximum Gasteiger partial charge on any atom is 0.323 e. The number of rotatable bonds is 6. The van der Waals surface area contributed by atoms with Gasteiger partial charge < -0.3 is 16.0 Å². The molecule has 0 aromatic heterocycles. The van der Waals surface area contributed by atoms with Gasteiger partial charge in [-0.1, -0.05) is 72.3 Å². The second-order valence-electron chi connectivity index (χ2n) is 7.65. The Hall–Kier alpha value is -3.84. The Morgan fingerprint density at radius 2 is 1.67 bits per heavy atom. The van der Waals surface area contributed by atoms with E-state index in [0.29, 0.717) is 22.8 Å². The first-order valence-electron chi connectivity index (χ1n) is 10.5. The van der Waals surface area contributed by atoms with Crippen molar-refractivity contribution in [2.45, 2.75) is 19.0 Å². The van der Waals surface area contributed by atoms with E-state index in [4.69, 9.17) is 11.6 Å². The summed E-state index contributed by atoms with van der Waals surface area (Å²) in [5.74, 6) is -0.645. The summed E-state index contributed by atoms with van der Waals surface area (Å²) in [4.78, 5) is 39.7. The summed E-state index contributed by atoms with van der Waals surface area (Å²) in [6.45, 7) is 0.0940. The summed E-state index contributed by atoms with van der Waals surface area (Å²) in [6, 6.07) is 22.3. The quantitative estimate of drug-likeness (QED) is 0.521. The highest BCUT2D eigenvalue weighted by atomic mass is 35.5. The molecule has 0 bridgehead atoms. The zero-order valence-corrected chi connectivity index (χ0v) is 18.5. The summed E-state index contributed by atoms with van der Waals surface area (Å²) in [5.41, 5.74) is 2.79. The number of anilines is 2. The molecular weight excluding hydrogens is 440 g/mol. The van der Waals surface area contributed by atoms with Crippen molar-refractivity contribution >= 4 is 40.8 Å². The van der Waals surface area contributed by atoms with E-state index in [1.807, 2.05) is 48.5 Å². The van der Waals surface area contributed by atoms with Crippen molar-refractivity contribution in [1.29, 1.82) is 0 Å². The van der Waals surface area contributed by atoms with Gasteiger partial charge in [0, 0.05) is 18.0 Å². The number of hydrogen-bond donors (Lipinski definition) is 3. The van der Waals surface area contributed by atoms with Crippen molar-refractivity contribution in [3.8, 4) is 0 Å². The van der Waals surface area contributed by atoms with Crippen molar-refractivity contribution in [3.63, 3.8) is 0 Å². The number of nitrogens with one attached hydrogen (secondary N) is 3. The van der Waals surface area contributed by atoms with Gasteiger partial charge in [0.05, 0.1) is 11.4 Å². The van der Waals surface area contributed by atoms with Crippen LogP contribution in [0, 0.1) is 0 Å². The minimum absolute atomic E-state index is 0.137. The highest BCUT2D eigenvalue weighted by Crippen LogP contribution is 2.28. The van der Waals surface area contributed by atoms with E-state index in [1.54, 1.807) is 30.3 Å². The average molecular weight is 463 g/mol. The number of fused-ring (bicyclic) bond motifs is 1. The van der Waals surface area contributed by atoms with Crippen LogP contribution in [-0.2, 0) is 22.6 Å². The lowest BCUT2D eigenvalue weighted by atomic mass is 10.1. The molecule has 3 aromatic carbocycles. The van der Waals surface area contributed by atoms with E-state index in [-0.39, 0.29) is 24.9 Å². The van der Waals surface area contributed by atoms with E-state index >= 15 is 0 Å². The summed E-state index contributed by atoms with van der Waals surface area (Å²) in [7, 11) is 0. The molecule has 8 heteroatoms. The van der Waals surface area contributed by atoms with Gasteiger partial charge in [-0.15, -0.1) is 0 Å². The zero-order chi connectivity index (χ0) is 23.2. The standard InChI is InChI=1S/C25H23ClN4O3/c26-19-11-5-4-10-18(19)15-27-24(32)21(14-17-8-2-1-3-9-17)29-25(33)30-16-23(31)28-20-12-6-7-13-22(20)30/h1-13,21H,14-16H2,(H,27,32)(H,28,31)(H,29,33)/t21-/m0/s1. The lowest BCUT2D eigenvalue weighted by Gasteiger charge is -2.30. The fourth-order valence-electron chi connectivity index (χ4n) is 3.65. The fraction of sp³-hybridized carbons (Fsp3) is 0.160. The highest BCUT2D eigenvalue weighted by Gasteiger charge is 2.30. The molecule has 33 heavy (non-hydrogen) atoms. The Morgan fingerprint density at radius 3 is 2.45 bits per heavy atom. The van der Waals surface area contributed by atoms with Crippen molar-refractivity contribution in [1.82, 2.24) is 10.6 Å². The normalized spacial score (nSPS) is 13.5. The van der Waals surface area contributed by atoms with Crippen LogP contribution < -0.4 is 20.9 Å². The number of amides is 4. The SMILES string of the molecule is O=C1CN(C(=O)N[C@@H](Cc2ccccc2)C(=O)NCc2ccccc2Cl)c2ccccc2N1. The number of hydrogen-bond acceptors (Lipinski definition) is 3. The van der Waals surface area contributed by atoms with Crippen LogP contribution in [0.25, 0.3) is 0 Å². The molecule has 0 saturated heterocycles. The van der Waals surface area contributed by atoms with Crippen LogP contribution in [0.2, 0.25) is 5.02 Å². The Bertz CT molecular complexity index is 1170. The zero-order valence-electron chi connectivity index (χ0n) is 17.8. The third-order valence-electron chi connectivity index (χ3n) is 5.32. The Kier molecular flexibility index (Phi) is 6.90. The number of nitrogens with zero attached hydrogens (tertiary/aromatic N) is 1. The van der Waals surface area contributed by atoms with Gasteiger partial charge in [0.2, 0.25) is 11.8 Å². The van der Waals surface area contributed by atoms with Crippen LogP contribution in [0.4, 0.5) is 16.2 Å².